The van der Waals surface area contributed by atoms with E-state index in [0.29, 0.717) is 6.54 Å². The highest BCUT2D eigenvalue weighted by Gasteiger charge is 2.23. The molecule has 26 heavy (non-hydrogen) atoms. The van der Waals surface area contributed by atoms with Gasteiger partial charge in [0, 0.05) is 25.1 Å². The third kappa shape index (κ3) is 3.65. The molecule has 0 bridgehead atoms. The standard InChI is InChI=1S/C20H19N5O/c26-20(22-13-15-8-10-21-11-9-15)23-17-6-7-18-12-19(24-25(18)14-17)16-4-2-1-3-5-16/h1-12,14,19,24H,13H2,(H2,22,23,26). The molecule has 0 saturated heterocycles. The molecule has 1 atom stereocenters. The summed E-state index contributed by atoms with van der Waals surface area (Å²) >= 11 is 0. The molecule has 0 spiro atoms. The zero-order valence-electron chi connectivity index (χ0n) is 14.1. The number of allylic oxidation sites excluding steroid dienone is 2. The topological polar surface area (TPSA) is 69.3 Å². The minimum absolute atomic E-state index is 0.118. The Morgan fingerprint density at radius 1 is 1.12 bits per heavy atom. The van der Waals surface area contributed by atoms with Crippen LogP contribution in [-0.2, 0) is 6.54 Å². The predicted molar refractivity (Wildman–Crippen MR) is 99.1 cm³/mol. The first-order valence-corrected chi connectivity index (χ1v) is 8.44. The van der Waals surface area contributed by atoms with Crippen LogP contribution in [0.3, 0.4) is 0 Å². The van der Waals surface area contributed by atoms with Gasteiger partial charge in [-0.2, -0.15) is 0 Å². The number of hydrogen-bond donors (Lipinski definition) is 3. The van der Waals surface area contributed by atoms with E-state index in [9.17, 15) is 4.79 Å². The second-order valence-electron chi connectivity index (χ2n) is 6.06. The third-order valence-corrected chi connectivity index (χ3v) is 4.21. The van der Waals surface area contributed by atoms with Crippen LogP contribution in [-0.4, -0.2) is 16.0 Å². The largest absolute Gasteiger partial charge is 0.334 e. The highest BCUT2D eigenvalue weighted by Crippen LogP contribution is 2.27. The Bertz CT molecular complexity index is 874. The molecule has 1 aromatic heterocycles. The van der Waals surface area contributed by atoms with Crippen LogP contribution in [0.1, 0.15) is 17.2 Å². The van der Waals surface area contributed by atoms with Crippen LogP contribution in [0, 0.1) is 0 Å². The van der Waals surface area contributed by atoms with E-state index in [1.165, 1.54) is 5.56 Å². The maximum absolute atomic E-state index is 12.1. The van der Waals surface area contributed by atoms with Gasteiger partial charge in [0.15, 0.2) is 0 Å². The molecule has 2 aliphatic rings. The quantitative estimate of drug-likeness (QED) is 0.797. The number of rotatable bonds is 4. The van der Waals surface area contributed by atoms with Crippen molar-refractivity contribution in [3.05, 3.63) is 102 Å². The average molecular weight is 345 g/mol. The van der Waals surface area contributed by atoms with Gasteiger partial charge in [-0.05, 0) is 41.5 Å². The van der Waals surface area contributed by atoms with E-state index in [-0.39, 0.29) is 12.1 Å². The molecule has 3 N–H and O–H groups in total. The highest BCUT2D eigenvalue weighted by molar-refractivity contribution is 5.76. The maximum atomic E-state index is 12.1. The molecule has 2 aromatic rings. The zero-order chi connectivity index (χ0) is 17.8. The number of carbonyl (C=O) groups is 1. The van der Waals surface area contributed by atoms with Gasteiger partial charge in [-0.1, -0.05) is 30.3 Å². The molecule has 4 rings (SSSR count). The Morgan fingerprint density at radius 2 is 1.92 bits per heavy atom. The number of hydrazine groups is 1. The fourth-order valence-electron chi connectivity index (χ4n) is 2.88. The Morgan fingerprint density at radius 3 is 2.73 bits per heavy atom. The molecule has 0 aliphatic carbocycles. The third-order valence-electron chi connectivity index (χ3n) is 4.21. The van der Waals surface area contributed by atoms with Crippen molar-refractivity contribution >= 4 is 6.03 Å². The van der Waals surface area contributed by atoms with E-state index in [1.807, 2.05) is 53.7 Å². The summed E-state index contributed by atoms with van der Waals surface area (Å²) in [6.45, 7) is 0.453. The molecule has 0 radical (unpaired) electrons. The smallest absolute Gasteiger partial charge is 0.319 e. The van der Waals surface area contributed by atoms with Crippen molar-refractivity contribution < 1.29 is 4.79 Å². The summed E-state index contributed by atoms with van der Waals surface area (Å²) in [4.78, 5) is 16.1. The van der Waals surface area contributed by atoms with Crippen molar-refractivity contribution in [3.63, 3.8) is 0 Å². The minimum Gasteiger partial charge on any atom is -0.334 e. The summed E-state index contributed by atoms with van der Waals surface area (Å²) in [5.74, 6) is 0. The minimum atomic E-state index is -0.246. The van der Waals surface area contributed by atoms with E-state index in [4.69, 9.17) is 0 Å². The average Bonchev–Trinajstić information content (AvgIpc) is 3.11. The van der Waals surface area contributed by atoms with Gasteiger partial charge in [-0.25, -0.2) is 10.2 Å². The molecule has 0 fully saturated rings. The lowest BCUT2D eigenvalue weighted by atomic mass is 10.1. The van der Waals surface area contributed by atoms with Gasteiger partial charge >= 0.3 is 6.03 Å². The molecule has 1 aromatic carbocycles. The predicted octanol–water partition coefficient (Wildman–Crippen LogP) is 2.74. The number of nitrogens with zero attached hydrogens (tertiary/aromatic N) is 2. The van der Waals surface area contributed by atoms with E-state index in [1.54, 1.807) is 12.4 Å². The molecule has 2 amide bonds. The number of pyridine rings is 1. The summed E-state index contributed by atoms with van der Waals surface area (Å²) in [6, 6.07) is 13.8. The van der Waals surface area contributed by atoms with Gasteiger partial charge in [0.25, 0.3) is 0 Å². The maximum Gasteiger partial charge on any atom is 0.319 e. The van der Waals surface area contributed by atoms with Gasteiger partial charge < -0.3 is 10.6 Å². The van der Waals surface area contributed by atoms with E-state index in [0.717, 1.165) is 17.0 Å². The summed E-state index contributed by atoms with van der Waals surface area (Å²) in [7, 11) is 0. The number of fused-ring (bicyclic) bond motifs is 1. The Kier molecular flexibility index (Phi) is 4.49. The number of amides is 2. The van der Waals surface area contributed by atoms with Gasteiger partial charge in [-0.3, -0.25) is 9.99 Å². The van der Waals surface area contributed by atoms with Gasteiger partial charge in [0.2, 0.25) is 0 Å². The number of hydrogen-bond acceptors (Lipinski definition) is 4. The fourth-order valence-corrected chi connectivity index (χ4v) is 2.88. The Hall–Kier alpha value is -3.38. The van der Waals surface area contributed by atoms with Crippen molar-refractivity contribution in [1.82, 2.24) is 26.1 Å². The van der Waals surface area contributed by atoms with E-state index >= 15 is 0 Å². The number of nitrogens with one attached hydrogen (secondary N) is 3. The van der Waals surface area contributed by atoms with Crippen LogP contribution in [0.2, 0.25) is 0 Å². The molecule has 6 nitrogen and oxygen atoms in total. The fraction of sp³-hybridized carbons (Fsp3) is 0.100. The van der Waals surface area contributed by atoms with E-state index < -0.39 is 0 Å². The van der Waals surface area contributed by atoms with Gasteiger partial charge in [0.05, 0.1) is 17.4 Å². The van der Waals surface area contributed by atoms with Crippen molar-refractivity contribution in [2.24, 2.45) is 0 Å². The number of urea groups is 1. The molecule has 3 heterocycles. The van der Waals surface area contributed by atoms with Crippen LogP contribution in [0.15, 0.2) is 90.7 Å². The highest BCUT2D eigenvalue weighted by atomic mass is 16.2. The van der Waals surface area contributed by atoms with Crippen LogP contribution < -0.4 is 16.1 Å². The molecule has 130 valence electrons. The molecule has 0 saturated carbocycles. The summed E-state index contributed by atoms with van der Waals surface area (Å²) in [6.07, 6.45) is 11.3. The second-order valence-corrected chi connectivity index (χ2v) is 6.06. The SMILES string of the molecule is O=C(NCc1ccncc1)NC1=CN2NC(c3ccccc3)C=C2C=C1. The van der Waals surface area contributed by atoms with Crippen LogP contribution in [0.4, 0.5) is 4.79 Å². The lowest BCUT2D eigenvalue weighted by Crippen LogP contribution is -2.37. The lowest BCUT2D eigenvalue weighted by molar-refractivity contribution is 0.242. The summed E-state index contributed by atoms with van der Waals surface area (Å²) in [5.41, 5.74) is 7.38. The van der Waals surface area contributed by atoms with Crippen LogP contribution in [0.5, 0.6) is 0 Å². The second kappa shape index (κ2) is 7.25. The number of carbonyl (C=O) groups excluding carboxylic acids is 1. The molecule has 1 unspecified atom stereocenters. The van der Waals surface area contributed by atoms with Crippen LogP contribution >= 0.6 is 0 Å². The molecule has 2 aliphatic heterocycles. The number of aromatic nitrogens is 1. The first kappa shape index (κ1) is 16.1. The molecular formula is C20H19N5O. The van der Waals surface area contributed by atoms with Crippen molar-refractivity contribution in [3.8, 4) is 0 Å². The monoisotopic (exact) mass is 345 g/mol. The summed E-state index contributed by atoms with van der Waals surface area (Å²) in [5, 5.41) is 7.62. The Balaban J connectivity index is 1.35. The zero-order valence-corrected chi connectivity index (χ0v) is 14.1. The van der Waals surface area contributed by atoms with Gasteiger partial charge in [-0.15, -0.1) is 0 Å². The first-order chi connectivity index (χ1) is 12.8. The summed E-state index contributed by atoms with van der Waals surface area (Å²) < 4.78 is 0. The van der Waals surface area contributed by atoms with E-state index in [2.05, 4.69) is 39.3 Å². The first-order valence-electron chi connectivity index (χ1n) is 8.44. The molecular weight excluding hydrogens is 326 g/mol. The van der Waals surface area contributed by atoms with Crippen LogP contribution in [0.25, 0.3) is 0 Å². The van der Waals surface area contributed by atoms with Gasteiger partial charge in [0.1, 0.15) is 0 Å². The Labute approximate surface area is 151 Å². The van der Waals surface area contributed by atoms with Crippen molar-refractivity contribution in [1.29, 1.82) is 0 Å². The molecule has 6 heteroatoms. The van der Waals surface area contributed by atoms with Crippen molar-refractivity contribution in [2.75, 3.05) is 0 Å². The lowest BCUT2D eigenvalue weighted by Gasteiger charge is -2.23. The van der Waals surface area contributed by atoms with Crippen molar-refractivity contribution in [2.45, 2.75) is 12.6 Å². The number of benzene rings is 1. The normalized spacial score (nSPS) is 18.0.